The van der Waals surface area contributed by atoms with Gasteiger partial charge in [0.05, 0.1) is 12.2 Å². The number of oxazole rings is 1. The van der Waals surface area contributed by atoms with Crippen LogP contribution in [-0.2, 0) is 6.42 Å². The summed E-state index contributed by atoms with van der Waals surface area (Å²) < 4.78 is 11.2. The van der Waals surface area contributed by atoms with Crippen LogP contribution in [0.5, 0.6) is 11.5 Å². The molecule has 0 saturated carbocycles. The Balaban J connectivity index is 1.48. The summed E-state index contributed by atoms with van der Waals surface area (Å²) in [6.45, 7) is 4.52. The van der Waals surface area contributed by atoms with Gasteiger partial charge in [0, 0.05) is 11.3 Å². The summed E-state index contributed by atoms with van der Waals surface area (Å²) in [6, 6.07) is 17.4. The first kappa shape index (κ1) is 22.3. The zero-order valence-electron chi connectivity index (χ0n) is 18.2. The Labute approximate surface area is 196 Å². The molecule has 0 fully saturated rings. The van der Waals surface area contributed by atoms with Gasteiger partial charge in [-0.1, -0.05) is 13.0 Å². The number of aryl methyl sites for hydroxylation is 1. The highest BCUT2D eigenvalue weighted by molar-refractivity contribution is 7.80. The fourth-order valence-corrected chi connectivity index (χ4v) is 3.51. The van der Waals surface area contributed by atoms with Crippen molar-refractivity contribution in [1.29, 1.82) is 0 Å². The normalized spacial score (nSPS) is 10.7. The number of carbonyl (C=O) groups excluding carboxylic acids is 1. The zero-order chi connectivity index (χ0) is 23.4. The first-order valence-electron chi connectivity index (χ1n) is 10.5. The van der Waals surface area contributed by atoms with Crippen molar-refractivity contribution < 1.29 is 19.1 Å². The van der Waals surface area contributed by atoms with Crippen molar-refractivity contribution in [3.8, 4) is 23.0 Å². The van der Waals surface area contributed by atoms with Crippen molar-refractivity contribution in [3.63, 3.8) is 0 Å². The van der Waals surface area contributed by atoms with E-state index in [-0.39, 0.29) is 16.8 Å². The van der Waals surface area contributed by atoms with Gasteiger partial charge in [0.15, 0.2) is 10.7 Å². The van der Waals surface area contributed by atoms with Gasteiger partial charge < -0.3 is 19.6 Å². The molecule has 7 nitrogen and oxygen atoms in total. The number of phenols is 1. The first-order valence-corrected chi connectivity index (χ1v) is 11.0. The molecule has 0 saturated heterocycles. The predicted molar refractivity (Wildman–Crippen MR) is 132 cm³/mol. The SMILES string of the molecule is CCOc1ccc(C(=O)NC(=S)Nc2ccc(O)c(-c3nc4cc(CC)ccc4o3)c2)cc1. The minimum Gasteiger partial charge on any atom is -0.507 e. The summed E-state index contributed by atoms with van der Waals surface area (Å²) in [4.78, 5) is 17.0. The molecule has 0 atom stereocenters. The molecule has 8 heteroatoms. The van der Waals surface area contributed by atoms with Gasteiger partial charge in [0.1, 0.15) is 17.0 Å². The maximum absolute atomic E-state index is 12.5. The average molecular weight is 462 g/mol. The van der Waals surface area contributed by atoms with Gasteiger partial charge in [-0.2, -0.15) is 0 Å². The minimum absolute atomic E-state index is 0.0205. The van der Waals surface area contributed by atoms with Crippen LogP contribution in [0.3, 0.4) is 0 Å². The van der Waals surface area contributed by atoms with Crippen LogP contribution in [0.15, 0.2) is 65.1 Å². The van der Waals surface area contributed by atoms with Crippen LogP contribution in [0, 0.1) is 0 Å². The van der Waals surface area contributed by atoms with E-state index in [0.29, 0.717) is 40.6 Å². The summed E-state index contributed by atoms with van der Waals surface area (Å²) in [5.74, 6) is 0.660. The third-order valence-corrected chi connectivity index (χ3v) is 5.20. The lowest BCUT2D eigenvalue weighted by Crippen LogP contribution is -2.34. The molecular weight excluding hydrogens is 438 g/mol. The summed E-state index contributed by atoms with van der Waals surface area (Å²) in [5.41, 5.74) is 3.94. The second-order valence-electron chi connectivity index (χ2n) is 7.27. The molecule has 0 radical (unpaired) electrons. The van der Waals surface area contributed by atoms with Crippen molar-refractivity contribution in [2.45, 2.75) is 20.3 Å². The standard InChI is InChI=1S/C25H23N3O4S/c1-3-15-5-12-22-20(13-15)27-24(32-22)19-14-17(8-11-21(19)29)26-25(33)28-23(30)16-6-9-18(10-7-16)31-4-2/h5-14,29H,3-4H2,1-2H3,(H2,26,28,30,33). The number of thiocarbonyl (C=S) groups is 1. The molecule has 0 spiro atoms. The largest absolute Gasteiger partial charge is 0.507 e. The van der Waals surface area contributed by atoms with Gasteiger partial charge in [-0.25, -0.2) is 4.98 Å². The fraction of sp³-hybridized carbons (Fsp3) is 0.160. The van der Waals surface area contributed by atoms with E-state index in [1.807, 2.05) is 25.1 Å². The highest BCUT2D eigenvalue weighted by Crippen LogP contribution is 2.33. The zero-order valence-corrected chi connectivity index (χ0v) is 19.0. The van der Waals surface area contributed by atoms with E-state index in [1.54, 1.807) is 36.4 Å². The number of ether oxygens (including phenoxy) is 1. The molecule has 0 aliphatic heterocycles. The first-order chi connectivity index (χ1) is 16.0. The van der Waals surface area contributed by atoms with Crippen LogP contribution in [0.1, 0.15) is 29.8 Å². The van der Waals surface area contributed by atoms with Gasteiger partial charge in [0.2, 0.25) is 5.89 Å². The number of aromatic hydroxyl groups is 1. The second kappa shape index (κ2) is 9.70. The third-order valence-electron chi connectivity index (χ3n) is 5.00. The highest BCUT2D eigenvalue weighted by Gasteiger charge is 2.15. The molecule has 168 valence electrons. The number of hydrogen-bond acceptors (Lipinski definition) is 6. The van der Waals surface area contributed by atoms with Crippen LogP contribution in [-0.4, -0.2) is 27.7 Å². The van der Waals surface area contributed by atoms with E-state index in [1.165, 1.54) is 6.07 Å². The maximum atomic E-state index is 12.5. The molecule has 4 aromatic rings. The molecule has 0 bridgehead atoms. The van der Waals surface area contributed by atoms with Crippen molar-refractivity contribution in [2.75, 3.05) is 11.9 Å². The summed E-state index contributed by atoms with van der Waals surface area (Å²) in [6.07, 6.45) is 0.891. The number of carbonyl (C=O) groups is 1. The summed E-state index contributed by atoms with van der Waals surface area (Å²) >= 11 is 5.28. The predicted octanol–water partition coefficient (Wildman–Crippen LogP) is 5.29. The minimum atomic E-state index is -0.347. The van der Waals surface area contributed by atoms with E-state index in [2.05, 4.69) is 22.5 Å². The maximum Gasteiger partial charge on any atom is 0.257 e. The molecule has 0 unspecified atom stereocenters. The second-order valence-corrected chi connectivity index (χ2v) is 7.68. The number of benzene rings is 3. The Hall–Kier alpha value is -3.91. The summed E-state index contributed by atoms with van der Waals surface area (Å²) in [7, 11) is 0. The van der Waals surface area contributed by atoms with Gasteiger partial charge in [0.25, 0.3) is 5.91 Å². The third kappa shape index (κ3) is 5.12. The van der Waals surface area contributed by atoms with Crippen LogP contribution >= 0.6 is 12.2 Å². The Kier molecular flexibility index (Phi) is 6.55. The van der Waals surface area contributed by atoms with E-state index >= 15 is 0 Å². The number of aromatic nitrogens is 1. The molecule has 1 amide bonds. The smallest absolute Gasteiger partial charge is 0.257 e. The van der Waals surface area contributed by atoms with Gasteiger partial charge >= 0.3 is 0 Å². The Morgan fingerprint density at radius 1 is 1.09 bits per heavy atom. The number of rotatable bonds is 6. The molecule has 1 aromatic heterocycles. The van der Waals surface area contributed by atoms with E-state index < -0.39 is 0 Å². The number of amides is 1. The van der Waals surface area contributed by atoms with Crippen molar-refractivity contribution in [2.24, 2.45) is 0 Å². The molecule has 0 aliphatic carbocycles. The monoisotopic (exact) mass is 461 g/mol. The van der Waals surface area contributed by atoms with Crippen LogP contribution in [0.2, 0.25) is 0 Å². The van der Waals surface area contributed by atoms with Crippen LogP contribution in [0.25, 0.3) is 22.6 Å². The molecular formula is C25H23N3O4S. The van der Waals surface area contributed by atoms with Crippen molar-refractivity contribution in [3.05, 3.63) is 71.8 Å². The number of anilines is 1. The molecule has 33 heavy (non-hydrogen) atoms. The van der Waals surface area contributed by atoms with Gasteiger partial charge in [-0.05, 0) is 85.7 Å². The highest BCUT2D eigenvalue weighted by atomic mass is 32.1. The lowest BCUT2D eigenvalue weighted by molar-refractivity contribution is 0.0977. The number of nitrogens with zero attached hydrogens (tertiary/aromatic N) is 1. The van der Waals surface area contributed by atoms with Crippen molar-refractivity contribution in [1.82, 2.24) is 10.3 Å². The average Bonchev–Trinajstić information content (AvgIpc) is 3.24. The Morgan fingerprint density at radius 3 is 2.61 bits per heavy atom. The van der Waals surface area contributed by atoms with Gasteiger partial charge in [-0.15, -0.1) is 0 Å². The Bertz CT molecular complexity index is 1320. The number of fused-ring (bicyclic) bond motifs is 1. The lowest BCUT2D eigenvalue weighted by Gasteiger charge is -2.11. The molecule has 4 rings (SSSR count). The quantitative estimate of drug-likeness (QED) is 0.265. The van der Waals surface area contributed by atoms with E-state index in [0.717, 1.165) is 17.5 Å². The Morgan fingerprint density at radius 2 is 1.88 bits per heavy atom. The number of phenolic OH excluding ortho intramolecular Hbond substituents is 1. The van der Waals surface area contributed by atoms with Crippen LogP contribution < -0.4 is 15.4 Å². The molecule has 3 N–H and O–H groups in total. The van der Waals surface area contributed by atoms with E-state index in [9.17, 15) is 9.90 Å². The van der Waals surface area contributed by atoms with Gasteiger partial charge in [-0.3, -0.25) is 10.1 Å². The molecule has 3 aromatic carbocycles. The molecule has 0 aliphatic rings. The topological polar surface area (TPSA) is 96.6 Å². The number of nitrogens with one attached hydrogen (secondary N) is 2. The number of hydrogen-bond donors (Lipinski definition) is 3. The van der Waals surface area contributed by atoms with E-state index in [4.69, 9.17) is 21.4 Å². The molecule has 1 heterocycles. The van der Waals surface area contributed by atoms with Crippen LogP contribution in [0.4, 0.5) is 5.69 Å². The summed E-state index contributed by atoms with van der Waals surface area (Å²) in [5, 5.41) is 16.1. The fourth-order valence-electron chi connectivity index (χ4n) is 3.30. The van der Waals surface area contributed by atoms with Crippen molar-refractivity contribution >= 4 is 40.0 Å². The lowest BCUT2D eigenvalue weighted by atomic mass is 10.1.